The topological polar surface area (TPSA) is 49.3 Å². The first kappa shape index (κ1) is 11.2. The van der Waals surface area contributed by atoms with Gasteiger partial charge in [-0.1, -0.05) is 12.1 Å². The Kier molecular flexibility index (Phi) is 3.85. The molecule has 0 saturated heterocycles. The number of carboxylic acids is 1. The summed E-state index contributed by atoms with van der Waals surface area (Å²) in [5, 5.41) is 11.2. The van der Waals surface area contributed by atoms with Crippen molar-refractivity contribution in [2.75, 3.05) is 0 Å². The molecule has 0 amide bonds. The molecule has 0 radical (unpaired) electrons. The molecular formula is C11H12FNO2. The van der Waals surface area contributed by atoms with Crippen molar-refractivity contribution in [2.45, 2.75) is 13.0 Å². The minimum atomic E-state index is -1.02. The number of aliphatic carboxylic acids is 1. The summed E-state index contributed by atoms with van der Waals surface area (Å²) in [4.78, 5) is 10.2. The third-order valence-electron chi connectivity index (χ3n) is 1.92. The molecule has 0 spiro atoms. The van der Waals surface area contributed by atoms with Crippen molar-refractivity contribution in [3.63, 3.8) is 0 Å². The van der Waals surface area contributed by atoms with E-state index in [9.17, 15) is 9.18 Å². The van der Waals surface area contributed by atoms with Crippen molar-refractivity contribution >= 4 is 5.97 Å². The minimum absolute atomic E-state index is 0.128. The van der Waals surface area contributed by atoms with Crippen LogP contribution in [0.15, 0.2) is 36.5 Å². The molecule has 2 N–H and O–H groups in total. The SMILES string of the molecule is C[C@H](N/C=C/C(=O)O)c1cccc(F)c1. The van der Waals surface area contributed by atoms with Gasteiger partial charge in [-0.3, -0.25) is 0 Å². The Bertz CT molecular complexity index is 377. The van der Waals surface area contributed by atoms with Crippen molar-refractivity contribution in [1.29, 1.82) is 0 Å². The number of benzene rings is 1. The average molecular weight is 209 g/mol. The van der Waals surface area contributed by atoms with E-state index in [1.54, 1.807) is 12.1 Å². The third kappa shape index (κ3) is 3.81. The van der Waals surface area contributed by atoms with E-state index >= 15 is 0 Å². The highest BCUT2D eigenvalue weighted by Gasteiger charge is 2.03. The molecule has 0 aromatic heterocycles. The fraction of sp³-hybridized carbons (Fsp3) is 0.182. The Morgan fingerprint density at radius 2 is 2.33 bits per heavy atom. The van der Waals surface area contributed by atoms with E-state index in [1.807, 2.05) is 6.92 Å². The molecule has 1 rings (SSSR count). The van der Waals surface area contributed by atoms with Crippen LogP contribution in [0.1, 0.15) is 18.5 Å². The highest BCUT2D eigenvalue weighted by molar-refractivity contribution is 5.79. The van der Waals surface area contributed by atoms with E-state index in [4.69, 9.17) is 5.11 Å². The monoisotopic (exact) mass is 209 g/mol. The molecule has 0 heterocycles. The second-order valence-electron chi connectivity index (χ2n) is 3.11. The molecule has 0 unspecified atom stereocenters. The van der Waals surface area contributed by atoms with Crippen LogP contribution in [-0.4, -0.2) is 11.1 Å². The van der Waals surface area contributed by atoms with Gasteiger partial charge in [0, 0.05) is 18.3 Å². The fourth-order valence-electron chi connectivity index (χ4n) is 1.14. The number of carbonyl (C=O) groups is 1. The van der Waals surface area contributed by atoms with Gasteiger partial charge in [0.25, 0.3) is 0 Å². The predicted octanol–water partition coefficient (Wildman–Crippen LogP) is 2.07. The van der Waals surface area contributed by atoms with Gasteiger partial charge in [-0.25, -0.2) is 9.18 Å². The first-order valence-corrected chi connectivity index (χ1v) is 4.50. The van der Waals surface area contributed by atoms with Crippen molar-refractivity contribution in [3.8, 4) is 0 Å². The van der Waals surface area contributed by atoms with E-state index < -0.39 is 5.97 Å². The third-order valence-corrected chi connectivity index (χ3v) is 1.92. The number of carboxylic acid groups (broad SMARTS) is 1. The van der Waals surface area contributed by atoms with Crippen LogP contribution in [-0.2, 0) is 4.79 Å². The Balaban J connectivity index is 2.61. The Labute approximate surface area is 87.2 Å². The predicted molar refractivity (Wildman–Crippen MR) is 54.7 cm³/mol. The van der Waals surface area contributed by atoms with Crippen LogP contribution in [0, 0.1) is 5.82 Å². The van der Waals surface area contributed by atoms with Gasteiger partial charge in [-0.15, -0.1) is 0 Å². The quantitative estimate of drug-likeness (QED) is 0.746. The summed E-state index contributed by atoms with van der Waals surface area (Å²) >= 11 is 0. The van der Waals surface area contributed by atoms with Gasteiger partial charge in [0.2, 0.25) is 0 Å². The van der Waals surface area contributed by atoms with E-state index in [0.717, 1.165) is 11.6 Å². The van der Waals surface area contributed by atoms with Crippen LogP contribution in [0.2, 0.25) is 0 Å². The molecule has 1 atom stereocenters. The Morgan fingerprint density at radius 3 is 2.93 bits per heavy atom. The van der Waals surface area contributed by atoms with E-state index in [2.05, 4.69) is 5.32 Å². The first-order valence-electron chi connectivity index (χ1n) is 4.50. The summed E-state index contributed by atoms with van der Waals surface area (Å²) in [6.07, 6.45) is 2.33. The highest BCUT2D eigenvalue weighted by atomic mass is 19.1. The molecule has 0 saturated carbocycles. The van der Waals surface area contributed by atoms with Crippen molar-refractivity contribution < 1.29 is 14.3 Å². The van der Waals surface area contributed by atoms with Crippen LogP contribution in [0.3, 0.4) is 0 Å². The lowest BCUT2D eigenvalue weighted by molar-refractivity contribution is -0.131. The molecule has 0 fully saturated rings. The van der Waals surface area contributed by atoms with E-state index in [1.165, 1.54) is 18.3 Å². The van der Waals surface area contributed by atoms with E-state index in [0.29, 0.717) is 0 Å². The zero-order valence-electron chi connectivity index (χ0n) is 8.27. The maximum Gasteiger partial charge on any atom is 0.329 e. The smallest absolute Gasteiger partial charge is 0.329 e. The molecule has 0 bridgehead atoms. The maximum atomic E-state index is 12.8. The van der Waals surface area contributed by atoms with Crippen LogP contribution in [0.25, 0.3) is 0 Å². The minimum Gasteiger partial charge on any atom is -0.478 e. The van der Waals surface area contributed by atoms with Gasteiger partial charge in [0.15, 0.2) is 0 Å². The largest absolute Gasteiger partial charge is 0.478 e. The summed E-state index contributed by atoms with van der Waals surface area (Å²) in [6.45, 7) is 1.82. The molecule has 0 aliphatic rings. The van der Waals surface area contributed by atoms with Gasteiger partial charge in [-0.05, 0) is 24.6 Å². The Morgan fingerprint density at radius 1 is 1.60 bits per heavy atom. The molecule has 1 aromatic carbocycles. The molecule has 80 valence electrons. The van der Waals surface area contributed by atoms with Crippen molar-refractivity contribution in [2.24, 2.45) is 0 Å². The molecule has 0 aliphatic carbocycles. The van der Waals surface area contributed by atoms with Crippen molar-refractivity contribution in [3.05, 3.63) is 47.9 Å². The van der Waals surface area contributed by atoms with Gasteiger partial charge in [0.1, 0.15) is 5.82 Å². The second kappa shape index (κ2) is 5.14. The standard InChI is InChI=1S/C11H12FNO2/c1-8(13-6-5-11(14)15)9-3-2-4-10(12)7-9/h2-8,13H,1H3,(H,14,15)/b6-5+/t8-/m0/s1. The van der Waals surface area contributed by atoms with Crippen LogP contribution in [0.5, 0.6) is 0 Å². The van der Waals surface area contributed by atoms with E-state index in [-0.39, 0.29) is 11.9 Å². The van der Waals surface area contributed by atoms with Gasteiger partial charge in [0.05, 0.1) is 0 Å². The summed E-state index contributed by atoms with van der Waals surface area (Å²) in [7, 11) is 0. The Hall–Kier alpha value is -1.84. The first-order chi connectivity index (χ1) is 7.09. The highest BCUT2D eigenvalue weighted by Crippen LogP contribution is 2.12. The molecule has 15 heavy (non-hydrogen) atoms. The van der Waals surface area contributed by atoms with Crippen LogP contribution in [0.4, 0.5) is 4.39 Å². The fourth-order valence-corrected chi connectivity index (χ4v) is 1.14. The number of halogens is 1. The van der Waals surface area contributed by atoms with Gasteiger partial charge >= 0.3 is 5.97 Å². The summed E-state index contributed by atoms with van der Waals surface area (Å²) in [5.74, 6) is -1.32. The lowest BCUT2D eigenvalue weighted by Crippen LogP contribution is -2.12. The lowest BCUT2D eigenvalue weighted by atomic mass is 10.1. The van der Waals surface area contributed by atoms with Crippen LogP contribution >= 0.6 is 0 Å². The molecule has 4 heteroatoms. The van der Waals surface area contributed by atoms with Crippen molar-refractivity contribution in [1.82, 2.24) is 5.32 Å². The zero-order valence-corrected chi connectivity index (χ0v) is 8.27. The number of hydrogen-bond acceptors (Lipinski definition) is 2. The van der Waals surface area contributed by atoms with Gasteiger partial charge < -0.3 is 10.4 Å². The maximum absolute atomic E-state index is 12.8. The summed E-state index contributed by atoms with van der Waals surface area (Å²) in [5.41, 5.74) is 0.769. The average Bonchev–Trinajstić information content (AvgIpc) is 2.17. The number of rotatable bonds is 4. The normalized spacial score (nSPS) is 12.7. The molecule has 1 aromatic rings. The zero-order chi connectivity index (χ0) is 11.3. The second-order valence-corrected chi connectivity index (χ2v) is 3.11. The molecular weight excluding hydrogens is 197 g/mol. The number of hydrogen-bond donors (Lipinski definition) is 2. The molecule has 3 nitrogen and oxygen atoms in total. The van der Waals surface area contributed by atoms with Crippen LogP contribution < -0.4 is 5.32 Å². The lowest BCUT2D eigenvalue weighted by Gasteiger charge is -2.11. The molecule has 0 aliphatic heterocycles. The summed E-state index contributed by atoms with van der Waals surface area (Å²) in [6, 6.07) is 6.03. The van der Waals surface area contributed by atoms with Gasteiger partial charge in [-0.2, -0.15) is 0 Å². The number of nitrogens with one attached hydrogen (secondary N) is 1. The summed E-state index contributed by atoms with van der Waals surface area (Å²) < 4.78 is 12.8.